The second-order valence-electron chi connectivity index (χ2n) is 4.70. The SMILES string of the molecule is COc1ccc(C(=O)N/N=C\c2cc(Br)cc([N+](=O)[O-])c2O)c(O)c1. The molecular formula is C15H12BrN3O6. The Morgan fingerprint density at radius 3 is 2.68 bits per heavy atom. The van der Waals surface area contributed by atoms with Gasteiger partial charge in [-0.2, -0.15) is 5.10 Å². The van der Waals surface area contributed by atoms with Crippen molar-refractivity contribution in [1.82, 2.24) is 5.43 Å². The molecule has 25 heavy (non-hydrogen) atoms. The van der Waals surface area contributed by atoms with Crippen molar-refractivity contribution < 1.29 is 24.7 Å². The Morgan fingerprint density at radius 1 is 1.36 bits per heavy atom. The molecule has 3 N–H and O–H groups in total. The lowest BCUT2D eigenvalue weighted by Gasteiger charge is -2.05. The third kappa shape index (κ3) is 4.23. The number of aromatic hydroxyl groups is 2. The predicted octanol–water partition coefficient (Wildman–Crippen LogP) is 2.54. The zero-order valence-corrected chi connectivity index (χ0v) is 14.3. The van der Waals surface area contributed by atoms with Crippen molar-refractivity contribution in [1.29, 1.82) is 0 Å². The van der Waals surface area contributed by atoms with Crippen LogP contribution in [0.3, 0.4) is 0 Å². The van der Waals surface area contributed by atoms with Crippen molar-refractivity contribution in [3.8, 4) is 17.2 Å². The van der Waals surface area contributed by atoms with Gasteiger partial charge in [0.05, 0.1) is 23.8 Å². The lowest BCUT2D eigenvalue weighted by atomic mass is 10.2. The minimum absolute atomic E-state index is 0.0281. The molecule has 0 fully saturated rings. The summed E-state index contributed by atoms with van der Waals surface area (Å²) in [5.41, 5.74) is 1.64. The molecule has 0 saturated carbocycles. The van der Waals surface area contributed by atoms with E-state index in [1.165, 1.54) is 31.4 Å². The van der Waals surface area contributed by atoms with E-state index >= 15 is 0 Å². The first kappa shape index (κ1) is 18.2. The number of carbonyl (C=O) groups excluding carboxylic acids is 1. The summed E-state index contributed by atoms with van der Waals surface area (Å²) in [5, 5.41) is 34.1. The molecule has 1 amide bonds. The Morgan fingerprint density at radius 2 is 2.08 bits per heavy atom. The van der Waals surface area contributed by atoms with Gasteiger partial charge in [-0.25, -0.2) is 5.43 Å². The Kier molecular flexibility index (Phi) is 5.55. The number of benzene rings is 2. The van der Waals surface area contributed by atoms with E-state index < -0.39 is 22.3 Å². The van der Waals surface area contributed by atoms with Gasteiger partial charge < -0.3 is 14.9 Å². The second-order valence-corrected chi connectivity index (χ2v) is 5.62. The molecule has 0 saturated heterocycles. The molecule has 0 atom stereocenters. The predicted molar refractivity (Wildman–Crippen MR) is 92.2 cm³/mol. The van der Waals surface area contributed by atoms with Crippen LogP contribution >= 0.6 is 15.9 Å². The van der Waals surface area contributed by atoms with Gasteiger partial charge >= 0.3 is 5.69 Å². The molecule has 0 aliphatic carbocycles. The lowest BCUT2D eigenvalue weighted by molar-refractivity contribution is -0.385. The van der Waals surface area contributed by atoms with E-state index in [9.17, 15) is 25.1 Å². The maximum Gasteiger partial charge on any atom is 0.312 e. The van der Waals surface area contributed by atoms with Crippen LogP contribution in [-0.2, 0) is 0 Å². The molecule has 0 aliphatic heterocycles. The number of carbonyl (C=O) groups is 1. The van der Waals surface area contributed by atoms with Crippen molar-refractivity contribution in [3.05, 3.63) is 56.0 Å². The molecule has 0 aliphatic rings. The number of ether oxygens (including phenoxy) is 1. The number of nitro benzene ring substituents is 1. The van der Waals surface area contributed by atoms with Gasteiger partial charge in [0.15, 0.2) is 0 Å². The maximum atomic E-state index is 12.0. The maximum absolute atomic E-state index is 12.0. The molecule has 0 bridgehead atoms. The highest BCUT2D eigenvalue weighted by Gasteiger charge is 2.18. The third-order valence-corrected chi connectivity index (χ3v) is 3.56. The molecule has 2 rings (SSSR count). The van der Waals surface area contributed by atoms with Crippen LogP contribution < -0.4 is 10.2 Å². The standard InChI is InChI=1S/C15H12BrN3O6/c1-25-10-2-3-11(13(20)6-10)15(22)18-17-7-8-4-9(16)5-12(14(8)21)19(23)24/h2-7,20-21H,1H3,(H,18,22)/b17-7-. The molecule has 9 nitrogen and oxygen atoms in total. The highest BCUT2D eigenvalue weighted by Crippen LogP contribution is 2.32. The van der Waals surface area contributed by atoms with E-state index in [1.54, 1.807) is 0 Å². The molecular weight excluding hydrogens is 398 g/mol. The molecule has 10 heteroatoms. The van der Waals surface area contributed by atoms with Crippen molar-refractivity contribution in [2.24, 2.45) is 5.10 Å². The van der Waals surface area contributed by atoms with E-state index in [1.807, 2.05) is 0 Å². The Balaban J connectivity index is 2.19. The number of nitrogens with one attached hydrogen (secondary N) is 1. The van der Waals surface area contributed by atoms with E-state index in [2.05, 4.69) is 26.5 Å². The number of phenolic OH excluding ortho intramolecular Hbond substituents is 2. The average molecular weight is 410 g/mol. The Hall–Kier alpha value is -3.14. The van der Waals surface area contributed by atoms with Crippen molar-refractivity contribution in [2.75, 3.05) is 7.11 Å². The van der Waals surface area contributed by atoms with Gasteiger partial charge in [-0.3, -0.25) is 14.9 Å². The smallest absolute Gasteiger partial charge is 0.312 e. The third-order valence-electron chi connectivity index (χ3n) is 3.10. The van der Waals surface area contributed by atoms with Crippen LogP contribution in [0, 0.1) is 10.1 Å². The van der Waals surface area contributed by atoms with Crippen LogP contribution in [0.5, 0.6) is 17.2 Å². The molecule has 0 unspecified atom stereocenters. The molecule has 130 valence electrons. The van der Waals surface area contributed by atoms with Crippen LogP contribution in [0.4, 0.5) is 5.69 Å². The van der Waals surface area contributed by atoms with Gasteiger partial charge in [0.2, 0.25) is 5.75 Å². The largest absolute Gasteiger partial charge is 0.507 e. The van der Waals surface area contributed by atoms with Crippen LogP contribution in [0.1, 0.15) is 15.9 Å². The topological polar surface area (TPSA) is 134 Å². The molecule has 0 heterocycles. The summed E-state index contributed by atoms with van der Waals surface area (Å²) in [7, 11) is 1.42. The van der Waals surface area contributed by atoms with Gasteiger partial charge in [-0.1, -0.05) is 15.9 Å². The van der Waals surface area contributed by atoms with E-state index in [0.29, 0.717) is 10.2 Å². The average Bonchev–Trinajstić information content (AvgIpc) is 2.56. The Labute approximate surface area is 149 Å². The number of hydrogen-bond acceptors (Lipinski definition) is 7. The van der Waals surface area contributed by atoms with Crippen molar-refractivity contribution in [3.63, 3.8) is 0 Å². The number of nitrogens with zero attached hydrogens (tertiary/aromatic N) is 2. The Bertz CT molecular complexity index is 869. The van der Waals surface area contributed by atoms with Gasteiger partial charge in [-0.15, -0.1) is 0 Å². The summed E-state index contributed by atoms with van der Waals surface area (Å²) >= 11 is 3.09. The molecule has 0 aromatic heterocycles. The highest BCUT2D eigenvalue weighted by atomic mass is 79.9. The first-order chi connectivity index (χ1) is 11.8. The van der Waals surface area contributed by atoms with Crippen LogP contribution in [-0.4, -0.2) is 34.4 Å². The number of methoxy groups -OCH3 is 1. The number of nitro groups is 1. The van der Waals surface area contributed by atoms with Crippen molar-refractivity contribution in [2.45, 2.75) is 0 Å². The molecule has 2 aromatic carbocycles. The van der Waals surface area contributed by atoms with Crippen LogP contribution in [0.15, 0.2) is 39.9 Å². The summed E-state index contributed by atoms with van der Waals surface area (Å²) < 4.78 is 5.27. The zero-order valence-electron chi connectivity index (χ0n) is 12.8. The number of hydrazone groups is 1. The first-order valence-electron chi connectivity index (χ1n) is 6.70. The highest BCUT2D eigenvalue weighted by molar-refractivity contribution is 9.10. The molecule has 0 radical (unpaired) electrons. The molecule has 2 aromatic rings. The number of halogens is 1. The fourth-order valence-electron chi connectivity index (χ4n) is 1.89. The summed E-state index contributed by atoms with van der Waals surface area (Å²) in [5.74, 6) is -1.21. The number of amides is 1. The van der Waals surface area contributed by atoms with Crippen LogP contribution in [0.25, 0.3) is 0 Å². The number of rotatable bonds is 5. The van der Waals surface area contributed by atoms with Gasteiger partial charge in [0, 0.05) is 22.2 Å². The summed E-state index contributed by atoms with van der Waals surface area (Å²) in [6.45, 7) is 0. The zero-order chi connectivity index (χ0) is 18.6. The second kappa shape index (κ2) is 7.62. The number of hydrogen-bond donors (Lipinski definition) is 3. The first-order valence-corrected chi connectivity index (χ1v) is 7.50. The molecule has 0 spiro atoms. The normalized spacial score (nSPS) is 10.6. The quantitative estimate of drug-likeness (QED) is 0.394. The minimum atomic E-state index is -0.745. The summed E-state index contributed by atoms with van der Waals surface area (Å²) in [6, 6.07) is 6.63. The fourth-order valence-corrected chi connectivity index (χ4v) is 2.36. The van der Waals surface area contributed by atoms with Crippen LogP contribution in [0.2, 0.25) is 0 Å². The van der Waals surface area contributed by atoms with E-state index in [-0.39, 0.29) is 16.9 Å². The van der Waals surface area contributed by atoms with Gasteiger partial charge in [-0.05, 0) is 18.2 Å². The minimum Gasteiger partial charge on any atom is -0.507 e. The summed E-state index contributed by atoms with van der Waals surface area (Å²) in [4.78, 5) is 22.1. The monoisotopic (exact) mass is 409 g/mol. The number of phenols is 2. The fraction of sp³-hybridized carbons (Fsp3) is 0.0667. The van der Waals surface area contributed by atoms with Gasteiger partial charge in [0.1, 0.15) is 11.5 Å². The summed E-state index contributed by atoms with van der Waals surface area (Å²) in [6.07, 6.45) is 1.05. The van der Waals surface area contributed by atoms with Crippen molar-refractivity contribution >= 4 is 33.7 Å². The van der Waals surface area contributed by atoms with E-state index in [4.69, 9.17) is 4.74 Å². The van der Waals surface area contributed by atoms with E-state index in [0.717, 1.165) is 12.3 Å². The van der Waals surface area contributed by atoms with Gasteiger partial charge in [0.25, 0.3) is 5.91 Å². The lowest BCUT2D eigenvalue weighted by Crippen LogP contribution is -2.17.